The summed E-state index contributed by atoms with van der Waals surface area (Å²) in [5, 5.41) is 15.5. The summed E-state index contributed by atoms with van der Waals surface area (Å²) in [5.74, 6) is -0.565. The maximum Gasteiger partial charge on any atom is 0.323 e. The van der Waals surface area contributed by atoms with Crippen LogP contribution in [-0.4, -0.2) is 44.4 Å². The van der Waals surface area contributed by atoms with Crippen LogP contribution in [0.3, 0.4) is 0 Å². The second-order valence-electron chi connectivity index (χ2n) is 4.48. The maximum absolute atomic E-state index is 12.0. The minimum Gasteiger partial charge on any atom is -0.480 e. The Bertz CT molecular complexity index is 459. The molecule has 1 aromatic rings. The number of hydrogen-bond acceptors (Lipinski definition) is 3. The van der Waals surface area contributed by atoms with Crippen molar-refractivity contribution in [3.63, 3.8) is 0 Å². The second-order valence-corrected chi connectivity index (χ2v) is 4.48. The summed E-state index contributed by atoms with van der Waals surface area (Å²) in [6.45, 7) is 1.60. The fraction of sp³-hybridized carbons (Fsp3) is 0.545. The summed E-state index contributed by atoms with van der Waals surface area (Å²) in [6.07, 6.45) is 1.73. The van der Waals surface area contributed by atoms with E-state index in [0.717, 1.165) is 18.5 Å². The third kappa shape index (κ3) is 2.79. The predicted octanol–water partition coefficient (Wildman–Crippen LogP) is 0.809. The molecule has 0 saturated heterocycles. The molecule has 0 aromatic carbocycles. The van der Waals surface area contributed by atoms with Gasteiger partial charge in [-0.1, -0.05) is 0 Å². The van der Waals surface area contributed by atoms with E-state index in [9.17, 15) is 9.59 Å². The van der Waals surface area contributed by atoms with Gasteiger partial charge in [-0.15, -0.1) is 0 Å². The molecule has 2 amide bonds. The molecule has 0 bridgehead atoms. The van der Waals surface area contributed by atoms with Crippen LogP contribution in [0.2, 0.25) is 0 Å². The lowest BCUT2D eigenvalue weighted by molar-refractivity contribution is -0.137. The van der Waals surface area contributed by atoms with E-state index in [1.807, 2.05) is 6.92 Å². The smallest absolute Gasteiger partial charge is 0.323 e. The standard InChI is InChI=1S/C11H16N4O3/c1-7-5-9(13-14(7)2)12-11(18)15(6-10(16)17)8-3-4-8/h5,8H,3-4,6H2,1-2H3,(H,16,17)(H,12,13,18). The monoisotopic (exact) mass is 252 g/mol. The van der Waals surface area contributed by atoms with E-state index in [1.165, 1.54) is 4.90 Å². The highest BCUT2D eigenvalue weighted by atomic mass is 16.4. The number of nitrogens with one attached hydrogen (secondary N) is 1. The van der Waals surface area contributed by atoms with Gasteiger partial charge >= 0.3 is 12.0 Å². The largest absolute Gasteiger partial charge is 0.480 e. The maximum atomic E-state index is 12.0. The zero-order chi connectivity index (χ0) is 13.3. The Morgan fingerprint density at radius 2 is 2.28 bits per heavy atom. The van der Waals surface area contributed by atoms with Crippen LogP contribution in [0.25, 0.3) is 0 Å². The number of aliphatic carboxylic acids is 1. The number of aryl methyl sites for hydroxylation is 2. The predicted molar refractivity (Wildman–Crippen MR) is 64.3 cm³/mol. The summed E-state index contributed by atoms with van der Waals surface area (Å²) < 4.78 is 1.65. The normalized spacial score (nSPS) is 14.3. The highest BCUT2D eigenvalue weighted by Crippen LogP contribution is 2.27. The molecule has 0 radical (unpaired) electrons. The van der Waals surface area contributed by atoms with E-state index in [0.29, 0.717) is 5.82 Å². The van der Waals surface area contributed by atoms with Crippen LogP contribution in [0.5, 0.6) is 0 Å². The van der Waals surface area contributed by atoms with E-state index >= 15 is 0 Å². The zero-order valence-corrected chi connectivity index (χ0v) is 10.4. The van der Waals surface area contributed by atoms with Crippen LogP contribution in [0.1, 0.15) is 18.5 Å². The number of rotatable bonds is 4. The summed E-state index contributed by atoms with van der Waals surface area (Å²) in [5.41, 5.74) is 0.918. The van der Waals surface area contributed by atoms with Crippen molar-refractivity contribution < 1.29 is 14.7 Å². The Labute approximate surface area is 104 Å². The van der Waals surface area contributed by atoms with Crippen molar-refractivity contribution in [1.82, 2.24) is 14.7 Å². The molecular formula is C11H16N4O3. The highest BCUT2D eigenvalue weighted by Gasteiger charge is 2.34. The van der Waals surface area contributed by atoms with E-state index in [2.05, 4.69) is 10.4 Å². The molecule has 1 aromatic heterocycles. The average Bonchev–Trinajstić information content (AvgIpc) is 3.04. The van der Waals surface area contributed by atoms with E-state index in [-0.39, 0.29) is 12.6 Å². The van der Waals surface area contributed by atoms with Crippen LogP contribution < -0.4 is 5.32 Å². The number of nitrogens with zero attached hydrogens (tertiary/aromatic N) is 3. The summed E-state index contributed by atoms with van der Waals surface area (Å²) in [6, 6.07) is 1.38. The molecule has 18 heavy (non-hydrogen) atoms. The van der Waals surface area contributed by atoms with Crippen molar-refractivity contribution >= 4 is 17.8 Å². The number of urea groups is 1. The van der Waals surface area contributed by atoms with Crippen molar-refractivity contribution in [2.24, 2.45) is 7.05 Å². The van der Waals surface area contributed by atoms with Crippen molar-refractivity contribution in [2.45, 2.75) is 25.8 Å². The number of carbonyl (C=O) groups is 2. The van der Waals surface area contributed by atoms with Crippen LogP contribution >= 0.6 is 0 Å². The minimum atomic E-state index is -1.01. The van der Waals surface area contributed by atoms with Gasteiger partial charge in [0.05, 0.1) is 0 Å². The molecule has 1 saturated carbocycles. The van der Waals surface area contributed by atoms with Crippen molar-refractivity contribution in [3.05, 3.63) is 11.8 Å². The molecule has 98 valence electrons. The fourth-order valence-electron chi connectivity index (χ4n) is 1.70. The van der Waals surface area contributed by atoms with Gasteiger partial charge in [0.1, 0.15) is 6.54 Å². The highest BCUT2D eigenvalue weighted by molar-refractivity contribution is 5.91. The molecule has 1 fully saturated rings. The Morgan fingerprint density at radius 1 is 1.61 bits per heavy atom. The quantitative estimate of drug-likeness (QED) is 0.830. The number of carbonyl (C=O) groups excluding carboxylic acids is 1. The Hall–Kier alpha value is -2.05. The molecule has 1 aliphatic rings. The van der Waals surface area contributed by atoms with Gasteiger partial charge in [0.25, 0.3) is 0 Å². The molecule has 0 spiro atoms. The number of amides is 2. The van der Waals surface area contributed by atoms with Gasteiger partial charge in [-0.25, -0.2) is 4.79 Å². The molecule has 1 heterocycles. The molecule has 2 N–H and O–H groups in total. The Morgan fingerprint density at radius 3 is 2.72 bits per heavy atom. The first kappa shape index (κ1) is 12.4. The number of hydrogen-bond donors (Lipinski definition) is 2. The molecule has 0 unspecified atom stereocenters. The lowest BCUT2D eigenvalue weighted by atomic mass is 10.4. The molecule has 0 aliphatic heterocycles. The number of carboxylic acids is 1. The first-order valence-electron chi connectivity index (χ1n) is 5.77. The number of aromatic nitrogens is 2. The van der Waals surface area contributed by atoms with Gasteiger partial charge in [0.2, 0.25) is 0 Å². The third-order valence-electron chi connectivity index (χ3n) is 2.90. The first-order chi connectivity index (χ1) is 8.47. The topological polar surface area (TPSA) is 87.5 Å². The molecule has 0 atom stereocenters. The van der Waals surface area contributed by atoms with Gasteiger partial charge in [0.15, 0.2) is 5.82 Å². The van der Waals surface area contributed by atoms with E-state index < -0.39 is 12.0 Å². The summed E-state index contributed by atoms with van der Waals surface area (Å²) in [7, 11) is 1.78. The molecule has 7 heteroatoms. The number of anilines is 1. The number of carboxylic acid groups (broad SMARTS) is 1. The summed E-state index contributed by atoms with van der Waals surface area (Å²) >= 11 is 0. The Kier molecular flexibility index (Phi) is 3.22. The Balaban J connectivity index is 2.02. The summed E-state index contributed by atoms with van der Waals surface area (Å²) in [4.78, 5) is 24.0. The molecular weight excluding hydrogens is 236 g/mol. The molecule has 1 aliphatic carbocycles. The van der Waals surface area contributed by atoms with Gasteiger partial charge in [-0.2, -0.15) is 5.10 Å². The van der Waals surface area contributed by atoms with Crippen LogP contribution in [0.4, 0.5) is 10.6 Å². The van der Waals surface area contributed by atoms with E-state index in [4.69, 9.17) is 5.11 Å². The van der Waals surface area contributed by atoms with Crippen LogP contribution in [0.15, 0.2) is 6.07 Å². The van der Waals surface area contributed by atoms with Gasteiger partial charge < -0.3 is 10.0 Å². The SMILES string of the molecule is Cc1cc(NC(=O)N(CC(=O)O)C2CC2)nn1C. The van der Waals surface area contributed by atoms with Gasteiger partial charge in [-0.05, 0) is 19.8 Å². The second kappa shape index (κ2) is 4.67. The van der Waals surface area contributed by atoms with Crippen LogP contribution in [-0.2, 0) is 11.8 Å². The van der Waals surface area contributed by atoms with Gasteiger partial charge in [-0.3, -0.25) is 14.8 Å². The lowest BCUT2D eigenvalue weighted by Crippen LogP contribution is -2.40. The molecule has 7 nitrogen and oxygen atoms in total. The lowest BCUT2D eigenvalue weighted by Gasteiger charge is -2.19. The average molecular weight is 252 g/mol. The minimum absolute atomic E-state index is 0.0471. The third-order valence-corrected chi connectivity index (χ3v) is 2.90. The van der Waals surface area contributed by atoms with Crippen molar-refractivity contribution in [1.29, 1.82) is 0 Å². The van der Waals surface area contributed by atoms with Crippen molar-refractivity contribution in [2.75, 3.05) is 11.9 Å². The fourth-order valence-corrected chi connectivity index (χ4v) is 1.70. The first-order valence-corrected chi connectivity index (χ1v) is 5.77. The molecule has 2 rings (SSSR count). The van der Waals surface area contributed by atoms with Gasteiger partial charge in [0, 0.05) is 24.8 Å². The van der Waals surface area contributed by atoms with Crippen LogP contribution in [0, 0.1) is 6.92 Å². The van der Waals surface area contributed by atoms with E-state index in [1.54, 1.807) is 17.8 Å². The van der Waals surface area contributed by atoms with Crippen molar-refractivity contribution in [3.8, 4) is 0 Å². The zero-order valence-electron chi connectivity index (χ0n) is 10.4.